The number of nitrogens with one attached hydrogen (secondary N) is 2. The molecule has 2 N–H and O–H groups in total. The maximum atomic E-state index is 5.68. The van der Waals surface area contributed by atoms with E-state index < -0.39 is 0 Å². The van der Waals surface area contributed by atoms with Gasteiger partial charge in [-0.15, -0.1) is 0 Å². The third-order valence-corrected chi connectivity index (χ3v) is 4.10. The van der Waals surface area contributed by atoms with Crippen molar-refractivity contribution in [2.75, 3.05) is 6.54 Å². The highest BCUT2D eigenvalue weighted by molar-refractivity contribution is 5.79. The minimum absolute atomic E-state index is 0.178. The maximum Gasteiger partial charge on any atom is 0.191 e. The molecule has 2 rings (SSSR count). The number of hydrogen-bond acceptors (Lipinski definition) is 4. The van der Waals surface area contributed by atoms with E-state index in [-0.39, 0.29) is 6.10 Å². The molecule has 0 aliphatic rings. The van der Waals surface area contributed by atoms with Gasteiger partial charge in [-0.05, 0) is 44.9 Å². The number of aromatic nitrogens is 1. The van der Waals surface area contributed by atoms with Crippen LogP contribution in [0.5, 0.6) is 5.75 Å². The monoisotopic (exact) mass is 372 g/mol. The molecule has 0 fully saturated rings. The SMILES string of the molecule is CCNC(=NCc1ccc(OC(C)C)cc1)NCc1c(CC)noc1CC. The second-order valence-electron chi connectivity index (χ2n) is 6.60. The molecule has 1 aromatic heterocycles. The highest BCUT2D eigenvalue weighted by Crippen LogP contribution is 2.16. The second-order valence-corrected chi connectivity index (χ2v) is 6.60. The summed E-state index contributed by atoms with van der Waals surface area (Å²) in [4.78, 5) is 4.69. The summed E-state index contributed by atoms with van der Waals surface area (Å²) in [5, 5.41) is 10.8. The normalized spacial score (nSPS) is 11.7. The Morgan fingerprint density at radius 1 is 1.11 bits per heavy atom. The zero-order valence-electron chi connectivity index (χ0n) is 17.1. The fourth-order valence-electron chi connectivity index (χ4n) is 2.77. The number of hydrogen-bond donors (Lipinski definition) is 2. The number of rotatable bonds is 9. The highest BCUT2D eigenvalue weighted by Gasteiger charge is 2.13. The fourth-order valence-corrected chi connectivity index (χ4v) is 2.77. The van der Waals surface area contributed by atoms with Crippen molar-refractivity contribution >= 4 is 5.96 Å². The van der Waals surface area contributed by atoms with Crippen LogP contribution in [-0.2, 0) is 25.9 Å². The van der Waals surface area contributed by atoms with E-state index in [0.29, 0.717) is 13.1 Å². The van der Waals surface area contributed by atoms with Crippen LogP contribution in [0.3, 0.4) is 0 Å². The van der Waals surface area contributed by atoms with Crippen molar-refractivity contribution in [3.63, 3.8) is 0 Å². The Morgan fingerprint density at radius 3 is 2.44 bits per heavy atom. The van der Waals surface area contributed by atoms with Crippen molar-refractivity contribution < 1.29 is 9.26 Å². The van der Waals surface area contributed by atoms with Crippen LogP contribution in [0.1, 0.15) is 57.2 Å². The lowest BCUT2D eigenvalue weighted by Crippen LogP contribution is -2.37. The van der Waals surface area contributed by atoms with Gasteiger partial charge in [0.05, 0.1) is 18.3 Å². The molecule has 27 heavy (non-hydrogen) atoms. The van der Waals surface area contributed by atoms with Crippen molar-refractivity contribution in [2.45, 2.75) is 66.7 Å². The molecule has 0 atom stereocenters. The van der Waals surface area contributed by atoms with Gasteiger partial charge >= 0.3 is 0 Å². The molecule has 0 amide bonds. The van der Waals surface area contributed by atoms with Gasteiger partial charge < -0.3 is 19.9 Å². The molecule has 6 nitrogen and oxygen atoms in total. The first-order valence-corrected chi connectivity index (χ1v) is 9.81. The van der Waals surface area contributed by atoms with Gasteiger partial charge in [-0.2, -0.15) is 0 Å². The van der Waals surface area contributed by atoms with Crippen LogP contribution >= 0.6 is 0 Å². The van der Waals surface area contributed by atoms with E-state index in [1.807, 2.05) is 26.0 Å². The standard InChI is InChI=1S/C21H32N4O2/c1-6-19-18(20(7-2)27-25-19)14-24-21(22-8-3)23-13-16-9-11-17(12-10-16)26-15(4)5/h9-12,15H,6-8,13-14H2,1-5H3,(H2,22,23,24). The van der Waals surface area contributed by atoms with Crippen LogP contribution in [-0.4, -0.2) is 23.8 Å². The van der Waals surface area contributed by atoms with Crippen molar-refractivity contribution in [1.29, 1.82) is 0 Å². The average Bonchev–Trinajstić information content (AvgIpc) is 3.06. The molecule has 148 valence electrons. The Morgan fingerprint density at radius 2 is 1.85 bits per heavy atom. The van der Waals surface area contributed by atoms with Gasteiger partial charge in [-0.3, -0.25) is 0 Å². The first-order chi connectivity index (χ1) is 13.1. The smallest absolute Gasteiger partial charge is 0.191 e. The molecule has 0 unspecified atom stereocenters. The van der Waals surface area contributed by atoms with E-state index in [0.717, 1.165) is 53.7 Å². The van der Waals surface area contributed by atoms with Gasteiger partial charge in [-0.1, -0.05) is 31.1 Å². The quantitative estimate of drug-likeness (QED) is 0.517. The van der Waals surface area contributed by atoms with Crippen LogP contribution in [0.15, 0.2) is 33.8 Å². The predicted molar refractivity (Wildman–Crippen MR) is 109 cm³/mol. The van der Waals surface area contributed by atoms with E-state index >= 15 is 0 Å². The number of aryl methyl sites for hydroxylation is 2. The van der Waals surface area contributed by atoms with Crippen molar-refractivity contribution in [1.82, 2.24) is 15.8 Å². The van der Waals surface area contributed by atoms with Gasteiger partial charge in [0.2, 0.25) is 0 Å². The molecule has 2 aromatic rings. The molecule has 1 heterocycles. The van der Waals surface area contributed by atoms with Gasteiger partial charge in [0.25, 0.3) is 0 Å². The average molecular weight is 373 g/mol. The zero-order valence-corrected chi connectivity index (χ0v) is 17.1. The van der Waals surface area contributed by atoms with E-state index in [9.17, 15) is 0 Å². The second kappa shape index (κ2) is 10.6. The Kier molecular flexibility index (Phi) is 8.17. The lowest BCUT2D eigenvalue weighted by Gasteiger charge is -2.12. The molecule has 1 aromatic carbocycles. The molecule has 0 aliphatic heterocycles. The van der Waals surface area contributed by atoms with E-state index in [1.165, 1.54) is 0 Å². The molecule has 0 saturated carbocycles. The van der Waals surface area contributed by atoms with Gasteiger partial charge in [0, 0.05) is 25.1 Å². The fraction of sp³-hybridized carbons (Fsp3) is 0.524. The molecular weight excluding hydrogens is 340 g/mol. The van der Waals surface area contributed by atoms with Gasteiger partial charge in [0.1, 0.15) is 11.5 Å². The number of guanidine groups is 1. The summed E-state index contributed by atoms with van der Waals surface area (Å²) >= 11 is 0. The topological polar surface area (TPSA) is 71.7 Å². The Balaban J connectivity index is 2.01. The summed E-state index contributed by atoms with van der Waals surface area (Å²) in [5.41, 5.74) is 3.29. The number of nitrogens with zero attached hydrogens (tertiary/aromatic N) is 2. The lowest BCUT2D eigenvalue weighted by atomic mass is 10.1. The van der Waals surface area contributed by atoms with Crippen LogP contribution < -0.4 is 15.4 Å². The number of benzene rings is 1. The molecule has 0 bridgehead atoms. The van der Waals surface area contributed by atoms with Crippen LogP contribution in [0.4, 0.5) is 0 Å². The first kappa shape index (κ1) is 20.8. The van der Waals surface area contributed by atoms with Crippen molar-refractivity contribution in [3.8, 4) is 5.75 Å². The minimum atomic E-state index is 0.178. The van der Waals surface area contributed by atoms with Crippen LogP contribution in [0.2, 0.25) is 0 Å². The van der Waals surface area contributed by atoms with Gasteiger partial charge in [0.15, 0.2) is 5.96 Å². The third-order valence-electron chi connectivity index (χ3n) is 4.10. The van der Waals surface area contributed by atoms with E-state index in [1.54, 1.807) is 0 Å². The summed E-state index contributed by atoms with van der Waals surface area (Å²) < 4.78 is 11.1. The molecule has 0 spiro atoms. The summed E-state index contributed by atoms with van der Waals surface area (Å²) in [6.45, 7) is 12.3. The summed E-state index contributed by atoms with van der Waals surface area (Å²) in [6.07, 6.45) is 1.87. The predicted octanol–water partition coefficient (Wildman–Crippen LogP) is 3.84. The first-order valence-electron chi connectivity index (χ1n) is 9.81. The Labute approximate surface area is 162 Å². The zero-order chi connectivity index (χ0) is 19.6. The summed E-state index contributed by atoms with van der Waals surface area (Å²) in [6, 6.07) is 8.08. The highest BCUT2D eigenvalue weighted by atomic mass is 16.5. The number of aliphatic imine (C=N–C) groups is 1. The van der Waals surface area contributed by atoms with E-state index in [4.69, 9.17) is 9.26 Å². The maximum absolute atomic E-state index is 5.68. The largest absolute Gasteiger partial charge is 0.491 e. The molecular formula is C21H32N4O2. The van der Waals surface area contributed by atoms with Crippen LogP contribution in [0.25, 0.3) is 0 Å². The Bertz CT molecular complexity index is 699. The van der Waals surface area contributed by atoms with E-state index in [2.05, 4.69) is 53.7 Å². The van der Waals surface area contributed by atoms with Crippen LogP contribution in [0, 0.1) is 0 Å². The molecule has 6 heteroatoms. The summed E-state index contributed by atoms with van der Waals surface area (Å²) in [7, 11) is 0. The number of ether oxygens (including phenoxy) is 1. The summed E-state index contributed by atoms with van der Waals surface area (Å²) in [5.74, 6) is 2.61. The van der Waals surface area contributed by atoms with Gasteiger partial charge in [-0.25, -0.2) is 4.99 Å². The Hall–Kier alpha value is -2.50. The van der Waals surface area contributed by atoms with Crippen molar-refractivity contribution in [3.05, 3.63) is 46.8 Å². The molecule has 0 radical (unpaired) electrons. The molecule has 0 saturated heterocycles. The lowest BCUT2D eigenvalue weighted by molar-refractivity contribution is 0.242. The third kappa shape index (κ3) is 6.31. The molecule has 0 aliphatic carbocycles. The minimum Gasteiger partial charge on any atom is -0.491 e. The van der Waals surface area contributed by atoms with Crippen molar-refractivity contribution in [2.24, 2.45) is 4.99 Å².